The van der Waals surface area contributed by atoms with E-state index in [4.69, 9.17) is 5.73 Å². The molecule has 0 aliphatic carbocycles. The Morgan fingerprint density at radius 3 is 2.32 bits per heavy atom. The van der Waals surface area contributed by atoms with Gasteiger partial charge in [-0.25, -0.2) is 4.39 Å². The molecule has 0 saturated heterocycles. The normalized spacial score (nSPS) is 12.5. The zero-order chi connectivity index (χ0) is 14.2. The molecule has 19 heavy (non-hydrogen) atoms. The van der Waals surface area contributed by atoms with Crippen molar-refractivity contribution < 1.29 is 4.39 Å². The fraction of sp³-hybridized carbons (Fsp3) is 0.250. The van der Waals surface area contributed by atoms with Crippen molar-refractivity contribution in [3.63, 3.8) is 0 Å². The van der Waals surface area contributed by atoms with Gasteiger partial charge < -0.3 is 5.73 Å². The molecule has 0 radical (unpaired) electrons. The zero-order valence-corrected chi connectivity index (χ0v) is 12.9. The summed E-state index contributed by atoms with van der Waals surface area (Å²) >= 11 is 3.20. The SMILES string of the molecule is Cc1cc(C)c(C(N)c2cccc(Br)c2F)cc1C. The van der Waals surface area contributed by atoms with Gasteiger partial charge in [0.25, 0.3) is 0 Å². The Morgan fingerprint density at radius 2 is 1.63 bits per heavy atom. The highest BCUT2D eigenvalue weighted by Crippen LogP contribution is 2.29. The van der Waals surface area contributed by atoms with Crippen molar-refractivity contribution in [2.24, 2.45) is 5.73 Å². The smallest absolute Gasteiger partial charge is 0.142 e. The molecule has 2 rings (SSSR count). The summed E-state index contributed by atoms with van der Waals surface area (Å²) in [5.74, 6) is -0.285. The maximum absolute atomic E-state index is 14.1. The van der Waals surface area contributed by atoms with Gasteiger partial charge in [0, 0.05) is 5.56 Å². The quantitative estimate of drug-likeness (QED) is 0.862. The molecule has 0 fully saturated rings. The predicted molar refractivity (Wildman–Crippen MR) is 80.8 cm³/mol. The molecule has 0 spiro atoms. The van der Waals surface area contributed by atoms with Crippen molar-refractivity contribution >= 4 is 15.9 Å². The monoisotopic (exact) mass is 321 g/mol. The summed E-state index contributed by atoms with van der Waals surface area (Å²) in [6.07, 6.45) is 0. The Kier molecular flexibility index (Phi) is 4.07. The van der Waals surface area contributed by atoms with Crippen LogP contribution in [0, 0.1) is 26.6 Å². The molecule has 0 bridgehead atoms. The molecule has 0 aromatic heterocycles. The lowest BCUT2D eigenvalue weighted by Gasteiger charge is -2.18. The highest BCUT2D eigenvalue weighted by Gasteiger charge is 2.17. The first-order valence-corrected chi connectivity index (χ1v) is 6.98. The number of rotatable bonds is 2. The highest BCUT2D eigenvalue weighted by molar-refractivity contribution is 9.10. The van der Waals surface area contributed by atoms with Gasteiger partial charge in [-0.1, -0.05) is 24.3 Å². The predicted octanol–water partition coefficient (Wildman–Crippen LogP) is 4.56. The molecule has 3 heteroatoms. The molecule has 100 valence electrons. The van der Waals surface area contributed by atoms with Crippen LogP contribution in [0.15, 0.2) is 34.8 Å². The molecule has 2 aromatic rings. The van der Waals surface area contributed by atoms with Crippen LogP contribution in [0.4, 0.5) is 4.39 Å². The van der Waals surface area contributed by atoms with E-state index in [2.05, 4.69) is 35.0 Å². The second-order valence-electron chi connectivity index (χ2n) is 4.91. The van der Waals surface area contributed by atoms with Crippen LogP contribution in [0.3, 0.4) is 0 Å². The third kappa shape index (κ3) is 2.72. The number of nitrogens with two attached hydrogens (primary N) is 1. The summed E-state index contributed by atoms with van der Waals surface area (Å²) in [7, 11) is 0. The van der Waals surface area contributed by atoms with Crippen LogP contribution in [0.1, 0.15) is 33.9 Å². The van der Waals surface area contributed by atoms with Crippen LogP contribution in [0.2, 0.25) is 0 Å². The highest BCUT2D eigenvalue weighted by atomic mass is 79.9. The molecule has 0 aliphatic rings. The van der Waals surface area contributed by atoms with Gasteiger partial charge in [0.05, 0.1) is 10.5 Å². The lowest BCUT2D eigenvalue weighted by atomic mass is 9.92. The van der Waals surface area contributed by atoms with Gasteiger partial charge in [0.1, 0.15) is 5.82 Å². The second kappa shape index (κ2) is 5.43. The van der Waals surface area contributed by atoms with Gasteiger partial charge in [0.15, 0.2) is 0 Å². The minimum atomic E-state index is -0.447. The molecular weight excluding hydrogens is 305 g/mol. The van der Waals surface area contributed by atoms with E-state index in [9.17, 15) is 4.39 Å². The van der Waals surface area contributed by atoms with Crippen LogP contribution in [0.5, 0.6) is 0 Å². The van der Waals surface area contributed by atoms with Gasteiger partial charge in [-0.3, -0.25) is 0 Å². The van der Waals surface area contributed by atoms with Crippen molar-refractivity contribution in [2.45, 2.75) is 26.8 Å². The third-order valence-corrected chi connectivity index (χ3v) is 4.15. The van der Waals surface area contributed by atoms with Crippen LogP contribution in [0.25, 0.3) is 0 Å². The van der Waals surface area contributed by atoms with Crippen molar-refractivity contribution in [1.82, 2.24) is 0 Å². The van der Waals surface area contributed by atoms with Crippen molar-refractivity contribution in [2.75, 3.05) is 0 Å². The first-order chi connectivity index (χ1) is 8.91. The van der Waals surface area contributed by atoms with E-state index in [-0.39, 0.29) is 5.82 Å². The second-order valence-corrected chi connectivity index (χ2v) is 5.77. The Morgan fingerprint density at radius 1 is 1.00 bits per heavy atom. The van der Waals surface area contributed by atoms with E-state index < -0.39 is 6.04 Å². The Hall–Kier alpha value is -1.19. The van der Waals surface area contributed by atoms with E-state index in [1.807, 2.05) is 13.8 Å². The average molecular weight is 322 g/mol. The van der Waals surface area contributed by atoms with E-state index in [0.29, 0.717) is 10.0 Å². The third-order valence-electron chi connectivity index (χ3n) is 3.53. The molecule has 0 heterocycles. The Labute approximate surface area is 121 Å². The summed E-state index contributed by atoms with van der Waals surface area (Å²) in [6.45, 7) is 6.12. The van der Waals surface area contributed by atoms with E-state index >= 15 is 0 Å². The lowest BCUT2D eigenvalue weighted by molar-refractivity contribution is 0.593. The molecule has 1 atom stereocenters. The zero-order valence-electron chi connectivity index (χ0n) is 11.3. The molecule has 2 aromatic carbocycles. The average Bonchev–Trinajstić information content (AvgIpc) is 2.36. The number of halogens is 2. The summed E-state index contributed by atoms with van der Waals surface area (Å²) in [4.78, 5) is 0. The first kappa shape index (κ1) is 14.2. The maximum Gasteiger partial charge on any atom is 0.142 e. The maximum atomic E-state index is 14.1. The molecule has 0 saturated carbocycles. The standard InChI is InChI=1S/C16H17BrFN/c1-9-7-11(3)13(8-10(9)2)16(19)12-5-4-6-14(17)15(12)18/h4-8,16H,19H2,1-3H3. The fourth-order valence-electron chi connectivity index (χ4n) is 2.25. The number of benzene rings is 2. The van der Waals surface area contributed by atoms with Crippen molar-refractivity contribution in [3.8, 4) is 0 Å². The Balaban J connectivity index is 2.53. The summed E-state index contributed by atoms with van der Waals surface area (Å²) in [5, 5.41) is 0. The molecule has 1 unspecified atom stereocenters. The van der Waals surface area contributed by atoms with Gasteiger partial charge >= 0.3 is 0 Å². The summed E-state index contributed by atoms with van der Waals surface area (Å²) in [5.41, 5.74) is 11.2. The molecular formula is C16H17BrFN. The topological polar surface area (TPSA) is 26.0 Å². The number of hydrogen-bond acceptors (Lipinski definition) is 1. The van der Waals surface area contributed by atoms with Crippen molar-refractivity contribution in [3.05, 3.63) is 68.4 Å². The molecule has 2 N–H and O–H groups in total. The van der Waals surface area contributed by atoms with Crippen LogP contribution < -0.4 is 5.73 Å². The van der Waals surface area contributed by atoms with Gasteiger partial charge in [-0.15, -0.1) is 0 Å². The Bertz CT molecular complexity index is 622. The van der Waals surface area contributed by atoms with Gasteiger partial charge in [0.2, 0.25) is 0 Å². The van der Waals surface area contributed by atoms with Gasteiger partial charge in [-0.05, 0) is 65.0 Å². The van der Waals surface area contributed by atoms with Crippen LogP contribution in [-0.4, -0.2) is 0 Å². The van der Waals surface area contributed by atoms with Gasteiger partial charge in [-0.2, -0.15) is 0 Å². The molecule has 1 nitrogen and oxygen atoms in total. The lowest BCUT2D eigenvalue weighted by Crippen LogP contribution is -2.15. The van der Waals surface area contributed by atoms with E-state index in [0.717, 1.165) is 11.1 Å². The summed E-state index contributed by atoms with van der Waals surface area (Å²) in [6, 6.07) is 8.92. The van der Waals surface area contributed by atoms with Crippen LogP contribution >= 0.6 is 15.9 Å². The fourth-order valence-corrected chi connectivity index (χ4v) is 2.63. The van der Waals surface area contributed by atoms with E-state index in [1.165, 1.54) is 11.1 Å². The molecule has 0 amide bonds. The summed E-state index contributed by atoms with van der Waals surface area (Å²) < 4.78 is 14.6. The van der Waals surface area contributed by atoms with E-state index in [1.54, 1.807) is 18.2 Å². The number of hydrogen-bond donors (Lipinski definition) is 1. The molecule has 0 aliphatic heterocycles. The van der Waals surface area contributed by atoms with Crippen LogP contribution in [-0.2, 0) is 0 Å². The minimum Gasteiger partial charge on any atom is -0.320 e. The van der Waals surface area contributed by atoms with Crippen molar-refractivity contribution in [1.29, 1.82) is 0 Å². The number of aryl methyl sites for hydroxylation is 3. The minimum absolute atomic E-state index is 0.285. The largest absolute Gasteiger partial charge is 0.320 e. The first-order valence-electron chi connectivity index (χ1n) is 6.19.